The Morgan fingerprint density at radius 3 is 1.30 bits per heavy atom. The van der Waals surface area contributed by atoms with E-state index in [4.69, 9.17) is 0 Å². The predicted octanol–water partition coefficient (Wildman–Crippen LogP) is 17.7. The summed E-state index contributed by atoms with van der Waals surface area (Å²) in [6, 6.07) is 21.4. The highest BCUT2D eigenvalue weighted by Gasteiger charge is 2.58. The van der Waals surface area contributed by atoms with E-state index in [9.17, 15) is 0 Å². The van der Waals surface area contributed by atoms with Gasteiger partial charge < -0.3 is 0 Å². The predicted molar refractivity (Wildman–Crippen MR) is 248 cm³/mol. The van der Waals surface area contributed by atoms with Crippen LogP contribution in [-0.2, 0) is 0 Å². The van der Waals surface area contributed by atoms with Gasteiger partial charge in [-0.15, -0.1) is 13.2 Å². The first-order valence-electron chi connectivity index (χ1n) is 20.3. The van der Waals surface area contributed by atoms with Gasteiger partial charge in [-0.1, -0.05) is 217 Å². The van der Waals surface area contributed by atoms with E-state index in [1.807, 2.05) is 26.8 Å². The molecule has 5 atom stereocenters. The van der Waals surface area contributed by atoms with Gasteiger partial charge in [0.15, 0.2) is 0 Å². The minimum absolute atomic E-state index is 0.393. The van der Waals surface area contributed by atoms with Gasteiger partial charge in [-0.05, 0) is 99.0 Å². The molecule has 0 amide bonds. The number of hydrogen-bond donors (Lipinski definition) is 0. The van der Waals surface area contributed by atoms with Crippen molar-refractivity contribution in [1.82, 2.24) is 0 Å². The van der Waals surface area contributed by atoms with Gasteiger partial charge in [0.25, 0.3) is 0 Å². The molecule has 0 aromatic heterocycles. The van der Waals surface area contributed by atoms with Crippen molar-refractivity contribution in [2.75, 3.05) is 0 Å². The zero-order valence-electron chi connectivity index (χ0n) is 38.4. The fraction of sp³-hybridized carbons (Fsp3) is 0.547. The molecule has 0 nitrogen and oxygen atoms in total. The molecule has 1 aliphatic rings. The van der Waals surface area contributed by atoms with Crippen LogP contribution in [0.15, 0.2) is 134 Å². The summed E-state index contributed by atoms with van der Waals surface area (Å²) in [4.78, 5) is 0. The highest BCUT2D eigenvalue weighted by Crippen LogP contribution is 2.64. The topological polar surface area (TPSA) is 0 Å². The van der Waals surface area contributed by atoms with Crippen molar-refractivity contribution < 1.29 is 0 Å². The van der Waals surface area contributed by atoms with Crippen molar-refractivity contribution in [3.63, 3.8) is 0 Å². The lowest BCUT2D eigenvalue weighted by atomic mass is 9.79. The Balaban J connectivity index is -0.000000625. The number of hydrogen-bond acceptors (Lipinski definition) is 0. The summed E-state index contributed by atoms with van der Waals surface area (Å²) in [5, 5.41) is 0. The molecule has 300 valence electrons. The van der Waals surface area contributed by atoms with Crippen LogP contribution in [-0.4, -0.2) is 0 Å². The molecule has 0 spiro atoms. The molecule has 2 aromatic rings. The summed E-state index contributed by atoms with van der Waals surface area (Å²) in [7, 11) is 0. The molecule has 5 unspecified atom stereocenters. The Kier molecular flexibility index (Phi) is 29.0. The SMILES string of the molecule is C=C(C)C.C=C(C)C(=C)C(C)CCC.C=C(C)C(C)C(c1ccccc1)c1ccccc1.C=C(C)C(C)C1C(CC)C1(C)C.C=CCC.CC(C)(C)C. The summed E-state index contributed by atoms with van der Waals surface area (Å²) < 4.78 is 0. The normalized spacial score (nSPS) is 16.5. The lowest BCUT2D eigenvalue weighted by Crippen LogP contribution is -2.12. The van der Waals surface area contributed by atoms with Crippen LogP contribution in [0.5, 0.6) is 0 Å². The van der Waals surface area contributed by atoms with Crippen LogP contribution < -0.4 is 0 Å². The van der Waals surface area contributed by atoms with Gasteiger partial charge in [-0.2, -0.15) is 0 Å². The highest BCUT2D eigenvalue weighted by atomic mass is 14.6. The van der Waals surface area contributed by atoms with Crippen molar-refractivity contribution in [1.29, 1.82) is 0 Å². The Morgan fingerprint density at radius 2 is 1.08 bits per heavy atom. The van der Waals surface area contributed by atoms with Gasteiger partial charge in [0.1, 0.15) is 0 Å². The third-order valence-corrected chi connectivity index (χ3v) is 9.64. The third kappa shape index (κ3) is 25.5. The first-order chi connectivity index (χ1) is 24.4. The van der Waals surface area contributed by atoms with Crippen molar-refractivity contribution in [3.05, 3.63) is 145 Å². The van der Waals surface area contributed by atoms with Gasteiger partial charge >= 0.3 is 0 Å². The molecule has 0 aliphatic heterocycles. The van der Waals surface area contributed by atoms with E-state index < -0.39 is 0 Å². The van der Waals surface area contributed by atoms with Crippen molar-refractivity contribution in [3.8, 4) is 0 Å². The third-order valence-electron chi connectivity index (χ3n) is 9.64. The van der Waals surface area contributed by atoms with Crippen LogP contribution in [0, 0.1) is 40.4 Å². The van der Waals surface area contributed by atoms with E-state index in [1.54, 1.807) is 0 Å². The molecule has 0 heterocycles. The zero-order chi connectivity index (χ0) is 42.1. The van der Waals surface area contributed by atoms with E-state index in [1.165, 1.54) is 52.7 Å². The average molecular weight is 725 g/mol. The second-order valence-corrected chi connectivity index (χ2v) is 17.8. The molecule has 3 rings (SSSR count). The largest absolute Gasteiger partial charge is 0.103 e. The van der Waals surface area contributed by atoms with Crippen molar-refractivity contribution in [2.24, 2.45) is 40.4 Å². The van der Waals surface area contributed by atoms with Gasteiger partial charge in [0.05, 0.1) is 0 Å². The first-order valence-corrected chi connectivity index (χ1v) is 20.3. The Labute approximate surface area is 333 Å². The van der Waals surface area contributed by atoms with E-state index in [2.05, 4.69) is 197 Å². The van der Waals surface area contributed by atoms with E-state index in [0.717, 1.165) is 23.8 Å². The molecule has 1 aliphatic carbocycles. The molecule has 0 heteroatoms. The number of rotatable bonds is 12. The maximum atomic E-state index is 4.13. The molecule has 1 fully saturated rings. The van der Waals surface area contributed by atoms with Crippen molar-refractivity contribution >= 4 is 0 Å². The molecule has 53 heavy (non-hydrogen) atoms. The van der Waals surface area contributed by atoms with Gasteiger partial charge in [0.2, 0.25) is 0 Å². The average Bonchev–Trinajstić information content (AvgIpc) is 3.64. The molecule has 0 N–H and O–H groups in total. The van der Waals surface area contributed by atoms with E-state index in [0.29, 0.717) is 34.5 Å². The Bertz CT molecular complexity index is 1260. The fourth-order valence-electron chi connectivity index (χ4n) is 6.27. The van der Waals surface area contributed by atoms with Crippen LogP contribution in [0.2, 0.25) is 0 Å². The van der Waals surface area contributed by atoms with Gasteiger partial charge in [-0.25, -0.2) is 0 Å². The van der Waals surface area contributed by atoms with Gasteiger partial charge in [0, 0.05) is 5.92 Å². The second-order valence-electron chi connectivity index (χ2n) is 17.8. The van der Waals surface area contributed by atoms with Crippen LogP contribution >= 0.6 is 0 Å². The minimum Gasteiger partial charge on any atom is -0.103 e. The van der Waals surface area contributed by atoms with E-state index >= 15 is 0 Å². The quantitative estimate of drug-likeness (QED) is 0.151. The summed E-state index contributed by atoms with van der Waals surface area (Å²) in [5.41, 5.74) is 9.88. The number of benzene rings is 2. The smallest absolute Gasteiger partial charge is 0.0152 e. The van der Waals surface area contributed by atoms with Crippen LogP contribution in [0.1, 0.15) is 160 Å². The van der Waals surface area contributed by atoms with Gasteiger partial charge in [-0.3, -0.25) is 0 Å². The molecule has 0 saturated heterocycles. The lowest BCUT2D eigenvalue weighted by molar-refractivity contribution is 0.469. The summed E-state index contributed by atoms with van der Waals surface area (Å²) in [5.74, 6) is 3.98. The molecule has 2 aromatic carbocycles. The molecule has 1 saturated carbocycles. The first kappa shape index (κ1) is 54.2. The second kappa shape index (κ2) is 28.3. The van der Waals surface area contributed by atoms with Crippen LogP contribution in [0.3, 0.4) is 0 Å². The Hall–Kier alpha value is -3.12. The maximum absolute atomic E-state index is 4.13. The number of allylic oxidation sites excluding steroid dienone is 6. The van der Waals surface area contributed by atoms with E-state index in [-0.39, 0.29) is 0 Å². The highest BCUT2D eigenvalue weighted by molar-refractivity contribution is 5.35. The summed E-state index contributed by atoms with van der Waals surface area (Å²) in [6.45, 7) is 60.2. The molecular formula is C53H88. The van der Waals surface area contributed by atoms with Crippen LogP contribution in [0.4, 0.5) is 0 Å². The molecular weight excluding hydrogens is 637 g/mol. The van der Waals surface area contributed by atoms with Crippen molar-refractivity contribution in [2.45, 2.75) is 149 Å². The zero-order valence-corrected chi connectivity index (χ0v) is 38.4. The fourth-order valence-corrected chi connectivity index (χ4v) is 6.27. The lowest BCUT2D eigenvalue weighted by Gasteiger charge is -2.25. The standard InChI is InChI=1S/C18H20.C12H22.C10H18.C5H12.2C4H8/c1-14(2)15(3)18(16-10-6-4-7-11-16)17-12-8-5-9-13-17;1-7-10-11(12(10,5)6)9(4)8(2)3;1-6-7-9(4)10(5)8(2)3;1-5(2,3)4;1-4(2)3;1-3-4-2/h4-13,15,18H,1H2,2-3H3;9-11H,2,7H2,1,3-6H3;9H,2,5-7H2,1,3-4H3;1-4H3;1H2,2-3H3;3H,1,4H2,2H3. The summed E-state index contributed by atoms with van der Waals surface area (Å²) in [6.07, 6.45) is 6.74. The maximum Gasteiger partial charge on any atom is 0.0152 e. The molecule has 0 radical (unpaired) electrons. The molecule has 0 bridgehead atoms. The monoisotopic (exact) mass is 725 g/mol. The summed E-state index contributed by atoms with van der Waals surface area (Å²) >= 11 is 0. The Morgan fingerprint density at radius 1 is 0.717 bits per heavy atom. The van der Waals surface area contributed by atoms with Crippen LogP contribution in [0.25, 0.3) is 0 Å². The minimum atomic E-state index is 0.393.